The average Bonchev–Trinajstić information content (AvgIpc) is 2.68. The third-order valence-electron chi connectivity index (χ3n) is 4.15. The summed E-state index contributed by atoms with van der Waals surface area (Å²) in [7, 11) is 1.63. The number of hydrogen-bond acceptors (Lipinski definition) is 5. The zero-order chi connectivity index (χ0) is 17.5. The van der Waals surface area contributed by atoms with Crippen molar-refractivity contribution in [2.45, 2.75) is 38.5 Å². The number of methoxy groups -OCH3 is 1. The summed E-state index contributed by atoms with van der Waals surface area (Å²) in [5.74, 6) is 0.597. The zero-order valence-electron chi connectivity index (χ0n) is 14.4. The molecule has 1 aromatic heterocycles. The van der Waals surface area contributed by atoms with Gasteiger partial charge in [-0.1, -0.05) is 12.1 Å². The number of amides is 1. The predicted octanol–water partition coefficient (Wildman–Crippen LogP) is 2.79. The number of benzene rings is 1. The molecular weight excluding hydrogens is 318 g/mol. The maximum absolute atomic E-state index is 12.3. The monoisotopic (exact) mass is 341 g/mol. The van der Waals surface area contributed by atoms with Crippen molar-refractivity contribution in [2.75, 3.05) is 13.7 Å². The Bertz CT molecular complexity index is 697. The van der Waals surface area contributed by atoms with Gasteiger partial charge in [0.2, 0.25) is 0 Å². The lowest BCUT2D eigenvalue weighted by atomic mass is 10.1. The van der Waals surface area contributed by atoms with Crippen molar-refractivity contribution in [1.29, 1.82) is 0 Å². The van der Waals surface area contributed by atoms with E-state index >= 15 is 0 Å². The first-order chi connectivity index (χ1) is 12.3. The summed E-state index contributed by atoms with van der Waals surface area (Å²) in [6.07, 6.45) is 6.72. The molecule has 6 nitrogen and oxygen atoms in total. The van der Waals surface area contributed by atoms with Crippen LogP contribution in [0.4, 0.5) is 0 Å². The van der Waals surface area contributed by atoms with Crippen LogP contribution in [0.2, 0.25) is 0 Å². The Kier molecular flexibility index (Phi) is 6.09. The first-order valence-electron chi connectivity index (χ1n) is 8.55. The Hall–Kier alpha value is -2.31. The second-order valence-electron chi connectivity index (χ2n) is 6.12. The molecule has 0 bridgehead atoms. The molecule has 1 aliphatic heterocycles. The van der Waals surface area contributed by atoms with E-state index in [-0.39, 0.29) is 12.0 Å². The van der Waals surface area contributed by atoms with Crippen LogP contribution in [0.15, 0.2) is 36.7 Å². The topological polar surface area (TPSA) is 73.3 Å². The van der Waals surface area contributed by atoms with Crippen molar-refractivity contribution in [3.63, 3.8) is 0 Å². The van der Waals surface area contributed by atoms with Gasteiger partial charge in [0, 0.05) is 43.8 Å². The predicted molar refractivity (Wildman–Crippen MR) is 92.9 cm³/mol. The molecule has 2 heterocycles. The zero-order valence-corrected chi connectivity index (χ0v) is 14.4. The maximum Gasteiger partial charge on any atom is 0.251 e. The van der Waals surface area contributed by atoms with Gasteiger partial charge in [-0.25, -0.2) is 9.97 Å². The Labute approximate surface area is 147 Å². The molecule has 1 amide bonds. The van der Waals surface area contributed by atoms with Crippen molar-refractivity contribution < 1.29 is 14.3 Å². The van der Waals surface area contributed by atoms with Crippen molar-refractivity contribution in [1.82, 2.24) is 15.3 Å². The van der Waals surface area contributed by atoms with E-state index in [0.29, 0.717) is 18.7 Å². The molecule has 1 aliphatic rings. The van der Waals surface area contributed by atoms with Crippen LogP contribution in [0.1, 0.15) is 52.7 Å². The molecule has 0 radical (unpaired) electrons. The lowest BCUT2D eigenvalue weighted by molar-refractivity contribution is 0.00940. The lowest BCUT2D eigenvalue weighted by Gasteiger charge is -2.21. The Morgan fingerprint density at radius 3 is 2.84 bits per heavy atom. The molecule has 1 fully saturated rings. The van der Waals surface area contributed by atoms with Gasteiger partial charge < -0.3 is 14.8 Å². The maximum atomic E-state index is 12.3. The molecule has 6 heteroatoms. The summed E-state index contributed by atoms with van der Waals surface area (Å²) in [5.41, 5.74) is 2.44. The fraction of sp³-hybridized carbons (Fsp3) is 0.421. The van der Waals surface area contributed by atoms with Gasteiger partial charge in [0.1, 0.15) is 6.10 Å². The summed E-state index contributed by atoms with van der Waals surface area (Å²) in [4.78, 5) is 21.1. The summed E-state index contributed by atoms with van der Waals surface area (Å²) >= 11 is 0. The van der Waals surface area contributed by atoms with Crippen molar-refractivity contribution in [2.24, 2.45) is 0 Å². The third-order valence-corrected chi connectivity index (χ3v) is 4.15. The van der Waals surface area contributed by atoms with Crippen LogP contribution >= 0.6 is 0 Å². The van der Waals surface area contributed by atoms with Crippen molar-refractivity contribution >= 4 is 5.91 Å². The molecule has 0 saturated carbocycles. The van der Waals surface area contributed by atoms with E-state index in [4.69, 9.17) is 9.47 Å². The molecule has 0 unspecified atom stereocenters. The van der Waals surface area contributed by atoms with E-state index in [9.17, 15) is 4.79 Å². The van der Waals surface area contributed by atoms with E-state index in [0.717, 1.165) is 42.8 Å². The molecule has 1 aromatic carbocycles. The van der Waals surface area contributed by atoms with Gasteiger partial charge in [0.05, 0.1) is 6.61 Å². The number of rotatable bonds is 6. The fourth-order valence-corrected chi connectivity index (χ4v) is 2.82. The number of nitrogens with zero attached hydrogens (tertiary/aromatic N) is 2. The van der Waals surface area contributed by atoms with Crippen molar-refractivity contribution in [3.8, 4) is 0 Å². The van der Waals surface area contributed by atoms with Crippen LogP contribution in [0, 0.1) is 0 Å². The molecular formula is C19H23N3O3. The van der Waals surface area contributed by atoms with Crippen LogP contribution in [-0.2, 0) is 22.6 Å². The Balaban J connectivity index is 1.55. The minimum absolute atomic E-state index is 0.000848. The fourth-order valence-electron chi connectivity index (χ4n) is 2.82. The van der Waals surface area contributed by atoms with Crippen LogP contribution in [0.5, 0.6) is 0 Å². The number of hydrogen-bond donors (Lipinski definition) is 1. The summed E-state index contributed by atoms with van der Waals surface area (Å²) in [6, 6.07) is 7.40. The lowest BCUT2D eigenvalue weighted by Crippen LogP contribution is -2.23. The van der Waals surface area contributed by atoms with Gasteiger partial charge in [0.25, 0.3) is 5.91 Å². The Morgan fingerprint density at radius 1 is 1.28 bits per heavy atom. The van der Waals surface area contributed by atoms with Gasteiger partial charge >= 0.3 is 0 Å². The number of aromatic nitrogens is 2. The normalized spacial score (nSPS) is 17.2. The van der Waals surface area contributed by atoms with Crippen LogP contribution < -0.4 is 5.32 Å². The van der Waals surface area contributed by atoms with Gasteiger partial charge in [-0.05, 0) is 37.0 Å². The van der Waals surface area contributed by atoms with Crippen LogP contribution in [-0.4, -0.2) is 29.6 Å². The van der Waals surface area contributed by atoms with Gasteiger partial charge in [-0.3, -0.25) is 4.79 Å². The molecule has 0 spiro atoms. The Morgan fingerprint density at radius 2 is 2.12 bits per heavy atom. The largest absolute Gasteiger partial charge is 0.380 e. The van der Waals surface area contributed by atoms with Crippen LogP contribution in [0.25, 0.3) is 0 Å². The van der Waals surface area contributed by atoms with E-state index in [1.165, 1.54) is 0 Å². The highest BCUT2D eigenvalue weighted by Gasteiger charge is 2.18. The first-order valence-corrected chi connectivity index (χ1v) is 8.55. The minimum atomic E-state index is -0.127. The number of nitrogens with one attached hydrogen (secondary N) is 1. The molecule has 1 N–H and O–H groups in total. The second kappa shape index (κ2) is 8.69. The SMILES string of the molecule is COCc1cccc(C(=O)NCc2cnc([C@H]3CCCCO3)nc2)c1. The van der Waals surface area contributed by atoms with E-state index < -0.39 is 0 Å². The molecule has 2 aromatic rings. The highest BCUT2D eigenvalue weighted by atomic mass is 16.5. The standard InChI is InChI=1S/C19H23N3O3/c1-24-13-14-5-4-6-16(9-14)19(23)22-12-15-10-20-18(21-11-15)17-7-2-3-8-25-17/h4-6,9-11,17H,2-3,7-8,12-13H2,1H3,(H,22,23)/t17-/m1/s1. The number of ether oxygens (including phenoxy) is 2. The van der Waals surface area contributed by atoms with Gasteiger partial charge in [0.15, 0.2) is 5.82 Å². The number of carbonyl (C=O) groups is 1. The molecule has 3 rings (SSSR count). The second-order valence-corrected chi connectivity index (χ2v) is 6.12. The first kappa shape index (κ1) is 17.5. The molecule has 1 saturated heterocycles. The van der Waals surface area contributed by atoms with Gasteiger partial charge in [-0.2, -0.15) is 0 Å². The smallest absolute Gasteiger partial charge is 0.251 e. The highest BCUT2D eigenvalue weighted by molar-refractivity contribution is 5.94. The van der Waals surface area contributed by atoms with E-state index in [1.54, 1.807) is 25.6 Å². The third kappa shape index (κ3) is 4.84. The van der Waals surface area contributed by atoms with E-state index in [1.807, 2.05) is 18.2 Å². The summed E-state index contributed by atoms with van der Waals surface area (Å²) in [5, 5.41) is 2.89. The van der Waals surface area contributed by atoms with Crippen molar-refractivity contribution in [3.05, 3.63) is 59.2 Å². The molecule has 25 heavy (non-hydrogen) atoms. The minimum Gasteiger partial charge on any atom is -0.380 e. The highest BCUT2D eigenvalue weighted by Crippen LogP contribution is 2.24. The van der Waals surface area contributed by atoms with Crippen LogP contribution in [0.3, 0.4) is 0 Å². The molecule has 132 valence electrons. The molecule has 1 atom stereocenters. The average molecular weight is 341 g/mol. The van der Waals surface area contributed by atoms with Gasteiger partial charge in [-0.15, -0.1) is 0 Å². The summed E-state index contributed by atoms with van der Waals surface area (Å²) < 4.78 is 10.8. The quantitative estimate of drug-likeness (QED) is 0.874. The molecule has 0 aliphatic carbocycles. The van der Waals surface area contributed by atoms with E-state index in [2.05, 4.69) is 15.3 Å². The number of carbonyl (C=O) groups excluding carboxylic acids is 1. The summed E-state index contributed by atoms with van der Waals surface area (Å²) in [6.45, 7) is 1.65.